The summed E-state index contributed by atoms with van der Waals surface area (Å²) >= 11 is 3.40. The first-order chi connectivity index (χ1) is 22.6. The molecule has 4 aromatic carbocycles. The minimum Gasteiger partial charge on any atom is -0.490 e. The van der Waals surface area contributed by atoms with Crippen LogP contribution in [-0.2, 0) is 15.5 Å². The Bertz CT molecular complexity index is 1860. The summed E-state index contributed by atoms with van der Waals surface area (Å²) in [6.45, 7) is 0. The molecule has 0 aromatic heterocycles. The summed E-state index contributed by atoms with van der Waals surface area (Å²) in [5, 5.41) is 5.00. The van der Waals surface area contributed by atoms with Gasteiger partial charge in [0.25, 0.3) is 11.8 Å². The van der Waals surface area contributed by atoms with E-state index in [1.807, 2.05) is 24.3 Å². The molecule has 7 rings (SSSR count). The van der Waals surface area contributed by atoms with Crippen LogP contribution in [-0.4, -0.2) is 52.8 Å². The first-order valence-electron chi connectivity index (χ1n) is 16.3. The number of halogens is 3. The number of alkyl halides is 2. The molecule has 2 bridgehead atoms. The molecule has 47 heavy (non-hydrogen) atoms. The maximum Gasteiger partial charge on any atom is 0.302 e. The zero-order chi connectivity index (χ0) is 32.9. The summed E-state index contributed by atoms with van der Waals surface area (Å²) in [5.74, 6) is -6.27. The van der Waals surface area contributed by atoms with Gasteiger partial charge in [0.05, 0.1) is 6.10 Å². The molecular weight excluding hydrogens is 668 g/mol. The lowest BCUT2D eigenvalue weighted by Gasteiger charge is -2.41. The molecule has 3 aliphatic rings. The van der Waals surface area contributed by atoms with Crippen LogP contribution in [0.15, 0.2) is 77.3 Å². The predicted molar refractivity (Wildman–Crippen MR) is 180 cm³/mol. The summed E-state index contributed by atoms with van der Waals surface area (Å²) in [6.07, 6.45) is 6.86. The number of ether oxygens (including phenoxy) is 1. The number of hydrogen-bond donors (Lipinski definition) is 2. The van der Waals surface area contributed by atoms with Gasteiger partial charge in [-0.1, -0.05) is 52.3 Å². The quantitative estimate of drug-likeness (QED) is 0.152. The van der Waals surface area contributed by atoms with E-state index in [1.54, 1.807) is 30.3 Å². The maximum absolute atomic E-state index is 16.6. The van der Waals surface area contributed by atoms with Gasteiger partial charge in [-0.2, -0.15) is 8.78 Å². The number of nitrogens with one attached hydrogen (secondary N) is 1. The van der Waals surface area contributed by atoms with Crippen molar-refractivity contribution in [2.24, 2.45) is 5.73 Å². The van der Waals surface area contributed by atoms with Crippen molar-refractivity contribution in [1.82, 2.24) is 10.2 Å². The first-order valence-corrected chi connectivity index (χ1v) is 17.1. The van der Waals surface area contributed by atoms with Gasteiger partial charge in [-0.3, -0.25) is 14.4 Å². The molecule has 0 radical (unpaired) electrons. The van der Waals surface area contributed by atoms with Crippen molar-refractivity contribution in [3.05, 3.63) is 88.4 Å². The fraction of sp³-hybridized carbons (Fsp3) is 0.378. The molecule has 10 heteroatoms. The molecule has 4 aromatic rings. The highest BCUT2D eigenvalue weighted by molar-refractivity contribution is 9.10. The second-order valence-corrected chi connectivity index (χ2v) is 14.1. The van der Waals surface area contributed by atoms with Gasteiger partial charge in [-0.05, 0) is 109 Å². The second kappa shape index (κ2) is 12.6. The summed E-state index contributed by atoms with van der Waals surface area (Å²) < 4.78 is 40.1. The van der Waals surface area contributed by atoms with Crippen LogP contribution in [0.3, 0.4) is 0 Å². The molecule has 3 atom stereocenters. The molecule has 2 amide bonds. The van der Waals surface area contributed by atoms with Crippen molar-refractivity contribution >= 4 is 55.1 Å². The van der Waals surface area contributed by atoms with E-state index >= 15 is 8.78 Å². The Morgan fingerprint density at radius 2 is 1.45 bits per heavy atom. The Morgan fingerprint density at radius 3 is 2.19 bits per heavy atom. The van der Waals surface area contributed by atoms with E-state index in [4.69, 9.17) is 10.5 Å². The van der Waals surface area contributed by atoms with Gasteiger partial charge in [0.1, 0.15) is 5.75 Å². The molecular formula is C37H36BrF2N3O4. The number of amides is 2. The third kappa shape index (κ3) is 6.25. The smallest absolute Gasteiger partial charge is 0.302 e. The zero-order valence-corrected chi connectivity index (χ0v) is 27.3. The lowest BCUT2D eigenvalue weighted by molar-refractivity contribution is -0.152. The number of ketones is 1. The number of carbonyl (C=O) groups excluding carboxylic acids is 3. The van der Waals surface area contributed by atoms with Crippen LogP contribution in [0, 0.1) is 0 Å². The van der Waals surface area contributed by atoms with E-state index in [-0.39, 0.29) is 29.8 Å². The number of Topliss-reactive ketones (excluding diaryl/α,β-unsaturated/α-hetero) is 1. The monoisotopic (exact) mass is 703 g/mol. The van der Waals surface area contributed by atoms with Gasteiger partial charge >= 0.3 is 5.92 Å². The molecule has 2 aliphatic heterocycles. The number of benzene rings is 4. The highest BCUT2D eigenvalue weighted by atomic mass is 79.9. The van der Waals surface area contributed by atoms with Crippen LogP contribution in [0.4, 0.5) is 8.78 Å². The molecule has 0 spiro atoms. The SMILES string of the molecule is NC1CC2CCC(C1)N2C(=O)[C@@H](NC(=O)C(=O)c1ccc2cc(OC3CCCC3)ccc2c1)C(F)(F)c1ccc2cc(Br)ccc2c1. The average molecular weight is 705 g/mol. The minimum absolute atomic E-state index is 0.0364. The Balaban J connectivity index is 1.17. The number of fused-ring (bicyclic) bond motifs is 4. The van der Waals surface area contributed by atoms with E-state index < -0.39 is 35.1 Å². The minimum atomic E-state index is -3.83. The van der Waals surface area contributed by atoms with Crippen molar-refractivity contribution in [1.29, 1.82) is 0 Å². The van der Waals surface area contributed by atoms with Crippen LogP contribution in [0.1, 0.15) is 67.3 Å². The normalized spacial score (nSPS) is 22.0. The number of rotatable bonds is 8. The van der Waals surface area contributed by atoms with Crippen LogP contribution < -0.4 is 15.8 Å². The molecule has 2 saturated heterocycles. The number of carbonyl (C=O) groups is 3. The molecule has 1 aliphatic carbocycles. The van der Waals surface area contributed by atoms with E-state index in [0.29, 0.717) is 36.5 Å². The molecule has 3 fully saturated rings. The number of nitrogens with two attached hydrogens (primary N) is 1. The van der Waals surface area contributed by atoms with Crippen molar-refractivity contribution in [3.63, 3.8) is 0 Å². The van der Waals surface area contributed by atoms with E-state index in [9.17, 15) is 14.4 Å². The van der Waals surface area contributed by atoms with Gasteiger partial charge in [0, 0.05) is 33.7 Å². The number of hydrogen-bond acceptors (Lipinski definition) is 5. The topological polar surface area (TPSA) is 102 Å². The van der Waals surface area contributed by atoms with Crippen LogP contribution >= 0.6 is 15.9 Å². The van der Waals surface area contributed by atoms with E-state index in [2.05, 4.69) is 21.2 Å². The van der Waals surface area contributed by atoms with Crippen molar-refractivity contribution in [2.45, 2.75) is 87.6 Å². The third-order valence-corrected chi connectivity index (χ3v) is 10.5. The number of piperidine rings is 1. The summed E-state index contributed by atoms with van der Waals surface area (Å²) in [7, 11) is 0. The lowest BCUT2D eigenvalue weighted by Crippen LogP contribution is -2.61. The van der Waals surface area contributed by atoms with Gasteiger partial charge in [-0.25, -0.2) is 0 Å². The Morgan fingerprint density at radius 1 is 0.830 bits per heavy atom. The zero-order valence-electron chi connectivity index (χ0n) is 25.8. The van der Waals surface area contributed by atoms with E-state index in [1.165, 1.54) is 23.1 Å². The molecule has 7 nitrogen and oxygen atoms in total. The Labute approximate surface area is 279 Å². The molecule has 2 unspecified atom stereocenters. The molecule has 244 valence electrons. The number of nitrogens with zero attached hydrogens (tertiary/aromatic N) is 1. The van der Waals surface area contributed by atoms with Crippen molar-refractivity contribution in [2.75, 3.05) is 0 Å². The van der Waals surface area contributed by atoms with Crippen molar-refractivity contribution < 1.29 is 27.9 Å². The first kappa shape index (κ1) is 31.7. The van der Waals surface area contributed by atoms with Gasteiger partial charge < -0.3 is 20.7 Å². The lowest BCUT2D eigenvalue weighted by atomic mass is 9.93. The standard InChI is InChI=1S/C37H36BrF2N3O4/c38-27-11-8-22-16-26(10-7-23(22)17-27)37(39,40)34(36(46)43-29-12-13-30(43)20-28(41)19-29)42-35(45)33(44)25-6-5-24-18-32(14-9-21(24)15-25)47-31-3-1-2-4-31/h5-11,14-18,28-31,34H,1-4,12-13,19-20,41H2,(H,42,45)/t28?,29?,30?,34-/m1/s1. The molecule has 1 saturated carbocycles. The Hall–Kier alpha value is -3.89. The highest BCUT2D eigenvalue weighted by Crippen LogP contribution is 2.40. The predicted octanol–water partition coefficient (Wildman–Crippen LogP) is 7.02. The largest absolute Gasteiger partial charge is 0.490 e. The molecule has 2 heterocycles. The second-order valence-electron chi connectivity index (χ2n) is 13.2. The summed E-state index contributed by atoms with van der Waals surface area (Å²) in [6, 6.07) is 16.7. The van der Waals surface area contributed by atoms with E-state index in [0.717, 1.165) is 46.7 Å². The summed E-state index contributed by atoms with van der Waals surface area (Å²) in [5.41, 5.74) is 5.80. The van der Waals surface area contributed by atoms with Gasteiger partial charge in [-0.15, -0.1) is 0 Å². The highest BCUT2D eigenvalue weighted by Gasteiger charge is 2.53. The average Bonchev–Trinajstić information content (AvgIpc) is 3.67. The Kier molecular flexibility index (Phi) is 8.51. The maximum atomic E-state index is 16.6. The fourth-order valence-electron chi connectivity index (χ4n) is 7.59. The molecule has 3 N–H and O–H groups in total. The van der Waals surface area contributed by atoms with Crippen LogP contribution in [0.2, 0.25) is 0 Å². The van der Waals surface area contributed by atoms with Crippen LogP contribution in [0.5, 0.6) is 5.75 Å². The van der Waals surface area contributed by atoms with Crippen molar-refractivity contribution in [3.8, 4) is 5.75 Å². The fourth-order valence-corrected chi connectivity index (χ4v) is 7.97. The van der Waals surface area contributed by atoms with Gasteiger partial charge in [0.2, 0.25) is 5.78 Å². The third-order valence-electron chi connectivity index (χ3n) is 9.98. The van der Waals surface area contributed by atoms with Crippen LogP contribution in [0.25, 0.3) is 21.5 Å². The van der Waals surface area contributed by atoms with Gasteiger partial charge in [0.15, 0.2) is 6.04 Å². The summed E-state index contributed by atoms with van der Waals surface area (Å²) in [4.78, 5) is 42.5.